The van der Waals surface area contributed by atoms with Crippen LogP contribution in [0.1, 0.15) is 34.6 Å². The molecular weight excluding hydrogens is 138 g/mol. The van der Waals surface area contributed by atoms with E-state index in [-0.39, 0.29) is 11.1 Å². The van der Waals surface area contributed by atoms with Crippen LogP contribution in [0.2, 0.25) is 0 Å². The molecule has 1 atom stereocenters. The van der Waals surface area contributed by atoms with E-state index in [0.717, 1.165) is 0 Å². The van der Waals surface area contributed by atoms with Gasteiger partial charge in [-0.3, -0.25) is 5.32 Å². The van der Waals surface area contributed by atoms with Gasteiger partial charge in [-0.15, -0.1) is 0 Å². The summed E-state index contributed by atoms with van der Waals surface area (Å²) in [5.74, 6) is 0.524. The Balaban J connectivity index is 2.76. The summed E-state index contributed by atoms with van der Waals surface area (Å²) in [6, 6.07) is 0. The second-order valence-electron chi connectivity index (χ2n) is 4.61. The molecule has 2 nitrogen and oxygen atoms in total. The van der Waals surface area contributed by atoms with Gasteiger partial charge in [0.1, 0.15) is 12.5 Å². The number of nitrogens with one attached hydrogen (secondary N) is 1. The lowest BCUT2D eigenvalue weighted by molar-refractivity contribution is -0.261. The van der Waals surface area contributed by atoms with Gasteiger partial charge in [-0.05, 0) is 5.92 Å². The Kier molecular flexibility index (Phi) is 2.01. The maximum atomic E-state index is 5.63. The average molecular weight is 157 g/mol. The highest BCUT2D eigenvalue weighted by molar-refractivity contribution is 4.96. The third-order valence-corrected chi connectivity index (χ3v) is 2.56. The SMILES string of the molecule is CC(C)C1(C(C)(C)C)NCO1. The second kappa shape index (κ2) is 2.46. The smallest absolute Gasteiger partial charge is 0.129 e. The van der Waals surface area contributed by atoms with Crippen molar-refractivity contribution >= 4 is 0 Å². The molecule has 1 rings (SSSR count). The molecule has 11 heavy (non-hydrogen) atoms. The molecule has 1 fully saturated rings. The van der Waals surface area contributed by atoms with E-state index < -0.39 is 0 Å². The van der Waals surface area contributed by atoms with Crippen LogP contribution in [0.3, 0.4) is 0 Å². The van der Waals surface area contributed by atoms with Crippen molar-refractivity contribution in [2.75, 3.05) is 6.73 Å². The molecule has 0 spiro atoms. The predicted molar refractivity (Wildman–Crippen MR) is 46.1 cm³/mol. The minimum absolute atomic E-state index is 0.0903. The molecule has 0 radical (unpaired) electrons. The lowest BCUT2D eigenvalue weighted by Crippen LogP contribution is -2.69. The first-order chi connectivity index (χ1) is 4.90. The first-order valence-electron chi connectivity index (χ1n) is 4.29. The highest BCUT2D eigenvalue weighted by atomic mass is 16.6. The van der Waals surface area contributed by atoms with Crippen molar-refractivity contribution in [3.63, 3.8) is 0 Å². The maximum absolute atomic E-state index is 5.63. The molecule has 0 amide bonds. The largest absolute Gasteiger partial charge is 0.345 e. The van der Waals surface area contributed by atoms with Crippen molar-refractivity contribution in [2.45, 2.75) is 40.3 Å². The number of rotatable bonds is 1. The van der Waals surface area contributed by atoms with Gasteiger partial charge in [-0.1, -0.05) is 34.6 Å². The summed E-state index contributed by atoms with van der Waals surface area (Å²) in [4.78, 5) is 0. The molecule has 1 aliphatic heterocycles. The van der Waals surface area contributed by atoms with Crippen LogP contribution in [0.4, 0.5) is 0 Å². The highest BCUT2D eigenvalue weighted by Gasteiger charge is 2.50. The zero-order valence-electron chi connectivity index (χ0n) is 8.19. The number of ether oxygens (including phenoxy) is 1. The maximum Gasteiger partial charge on any atom is 0.129 e. The Morgan fingerprint density at radius 3 is 1.82 bits per heavy atom. The quantitative estimate of drug-likeness (QED) is 0.628. The van der Waals surface area contributed by atoms with Gasteiger partial charge in [0.2, 0.25) is 0 Å². The lowest BCUT2D eigenvalue weighted by Gasteiger charge is -2.54. The molecule has 1 unspecified atom stereocenters. The van der Waals surface area contributed by atoms with Gasteiger partial charge >= 0.3 is 0 Å². The molecule has 0 aromatic carbocycles. The summed E-state index contributed by atoms with van der Waals surface area (Å²) in [5, 5.41) is 3.38. The van der Waals surface area contributed by atoms with Crippen molar-refractivity contribution in [1.29, 1.82) is 0 Å². The van der Waals surface area contributed by atoms with Crippen LogP contribution in [-0.4, -0.2) is 12.5 Å². The van der Waals surface area contributed by atoms with E-state index >= 15 is 0 Å². The normalized spacial score (nSPS) is 32.2. The molecule has 0 bridgehead atoms. The van der Waals surface area contributed by atoms with E-state index in [1.807, 2.05) is 0 Å². The molecule has 1 saturated heterocycles. The minimum atomic E-state index is -0.0903. The molecule has 0 aromatic rings. The molecule has 2 heteroatoms. The van der Waals surface area contributed by atoms with Crippen LogP contribution in [-0.2, 0) is 4.74 Å². The molecule has 0 aromatic heterocycles. The molecule has 0 aliphatic carbocycles. The van der Waals surface area contributed by atoms with E-state index in [1.165, 1.54) is 0 Å². The van der Waals surface area contributed by atoms with Crippen LogP contribution < -0.4 is 5.32 Å². The average Bonchev–Trinajstić information content (AvgIpc) is 1.52. The van der Waals surface area contributed by atoms with Crippen molar-refractivity contribution in [3.05, 3.63) is 0 Å². The Labute approximate surface area is 69.3 Å². The summed E-state index contributed by atoms with van der Waals surface area (Å²) in [5.41, 5.74) is 0.0897. The lowest BCUT2D eigenvalue weighted by atomic mass is 9.75. The Morgan fingerprint density at radius 2 is 1.82 bits per heavy atom. The second-order valence-corrected chi connectivity index (χ2v) is 4.61. The fourth-order valence-corrected chi connectivity index (χ4v) is 1.95. The van der Waals surface area contributed by atoms with Gasteiger partial charge in [0.15, 0.2) is 0 Å². The summed E-state index contributed by atoms with van der Waals surface area (Å²) in [6.07, 6.45) is 0. The van der Waals surface area contributed by atoms with Crippen LogP contribution in [0.15, 0.2) is 0 Å². The number of hydrogen-bond acceptors (Lipinski definition) is 2. The van der Waals surface area contributed by atoms with E-state index in [4.69, 9.17) is 4.74 Å². The van der Waals surface area contributed by atoms with E-state index in [2.05, 4.69) is 39.9 Å². The zero-order valence-corrected chi connectivity index (χ0v) is 8.19. The summed E-state index contributed by atoms with van der Waals surface area (Å²) in [6.45, 7) is 11.7. The standard InChI is InChI=1S/C9H19NO/c1-7(2)9(8(3,4)5)10-6-11-9/h7,10H,6H2,1-5H3. The third kappa shape index (κ3) is 1.18. The van der Waals surface area contributed by atoms with E-state index in [1.54, 1.807) is 0 Å². The first-order valence-corrected chi connectivity index (χ1v) is 4.29. The Hall–Kier alpha value is -0.0800. The molecular formula is C9H19NO. The Bertz CT molecular complexity index is 142. The van der Waals surface area contributed by atoms with Crippen molar-refractivity contribution in [3.8, 4) is 0 Å². The molecule has 1 heterocycles. The van der Waals surface area contributed by atoms with Crippen LogP contribution in [0.25, 0.3) is 0 Å². The highest BCUT2D eigenvalue weighted by Crippen LogP contribution is 2.41. The summed E-state index contributed by atoms with van der Waals surface area (Å²) in [7, 11) is 0. The van der Waals surface area contributed by atoms with Crippen LogP contribution in [0.5, 0.6) is 0 Å². The van der Waals surface area contributed by atoms with E-state index in [9.17, 15) is 0 Å². The van der Waals surface area contributed by atoms with Gasteiger partial charge in [0.05, 0.1) is 0 Å². The van der Waals surface area contributed by atoms with Gasteiger partial charge < -0.3 is 4.74 Å². The van der Waals surface area contributed by atoms with Crippen molar-refractivity contribution in [1.82, 2.24) is 5.32 Å². The number of hydrogen-bond donors (Lipinski definition) is 1. The van der Waals surface area contributed by atoms with E-state index in [0.29, 0.717) is 12.6 Å². The topological polar surface area (TPSA) is 21.3 Å². The zero-order chi connectivity index (χ0) is 8.70. The first kappa shape index (κ1) is 9.01. The van der Waals surface area contributed by atoms with Gasteiger partial charge in [-0.25, -0.2) is 0 Å². The van der Waals surface area contributed by atoms with Crippen LogP contribution in [0, 0.1) is 11.3 Å². The fraction of sp³-hybridized carbons (Fsp3) is 1.00. The minimum Gasteiger partial charge on any atom is -0.345 e. The van der Waals surface area contributed by atoms with Crippen LogP contribution >= 0.6 is 0 Å². The molecule has 1 aliphatic rings. The fourth-order valence-electron chi connectivity index (χ4n) is 1.95. The third-order valence-electron chi connectivity index (χ3n) is 2.56. The predicted octanol–water partition coefficient (Wildman–Crippen LogP) is 1.96. The van der Waals surface area contributed by atoms with Gasteiger partial charge in [0.25, 0.3) is 0 Å². The monoisotopic (exact) mass is 157 g/mol. The summed E-state index contributed by atoms with van der Waals surface area (Å²) < 4.78 is 5.63. The van der Waals surface area contributed by atoms with Crippen molar-refractivity contribution in [2.24, 2.45) is 11.3 Å². The molecule has 66 valence electrons. The van der Waals surface area contributed by atoms with Gasteiger partial charge in [0, 0.05) is 5.41 Å². The van der Waals surface area contributed by atoms with Crippen molar-refractivity contribution < 1.29 is 4.74 Å². The molecule has 0 saturated carbocycles. The summed E-state index contributed by atoms with van der Waals surface area (Å²) >= 11 is 0. The Morgan fingerprint density at radius 1 is 1.36 bits per heavy atom. The van der Waals surface area contributed by atoms with Gasteiger partial charge in [-0.2, -0.15) is 0 Å². The molecule has 1 N–H and O–H groups in total.